The van der Waals surface area contributed by atoms with Crippen LogP contribution in [0.4, 0.5) is 4.79 Å². The topological polar surface area (TPSA) is 103 Å². The predicted molar refractivity (Wildman–Crippen MR) is 140 cm³/mol. The third-order valence-corrected chi connectivity index (χ3v) is 7.32. The summed E-state index contributed by atoms with van der Waals surface area (Å²) in [7, 11) is -4.21. The summed E-state index contributed by atoms with van der Waals surface area (Å²) >= 11 is 0. The van der Waals surface area contributed by atoms with Gasteiger partial charge in [-0.15, -0.1) is 0 Å². The summed E-state index contributed by atoms with van der Waals surface area (Å²) in [6.07, 6.45) is 0.933. The number of carbonyl (C=O) groups excluding carboxylic acids is 1. The molecule has 2 aromatic heterocycles. The largest absolute Gasteiger partial charge is 0.443 e. The molecular weight excluding hydrogens is 490 g/mol. The molecule has 192 valence electrons. The van der Waals surface area contributed by atoms with Crippen molar-refractivity contribution in [2.24, 2.45) is 0 Å². The van der Waals surface area contributed by atoms with Crippen molar-refractivity contribution >= 4 is 16.1 Å². The lowest BCUT2D eigenvalue weighted by Gasteiger charge is -2.27. The molecule has 0 aliphatic carbocycles. The van der Waals surface area contributed by atoms with Crippen LogP contribution in [-0.2, 0) is 21.2 Å². The van der Waals surface area contributed by atoms with Gasteiger partial charge in [-0.25, -0.2) is 13.2 Å². The van der Waals surface area contributed by atoms with Crippen molar-refractivity contribution in [3.8, 4) is 22.4 Å². The molecule has 4 rings (SSSR count). The van der Waals surface area contributed by atoms with Crippen LogP contribution in [0.2, 0.25) is 0 Å². The lowest BCUT2D eigenvalue weighted by Crippen LogP contribution is -2.42. The Morgan fingerprint density at radius 3 is 2.24 bits per heavy atom. The number of aryl methyl sites for hydroxylation is 1. The minimum absolute atomic E-state index is 0.0292. The Labute approximate surface area is 217 Å². The SMILES string of the molecule is Cc1onc(-c2ccccc2)c1-c1ccc(S(=O)(=O)N(CCc2ccccn2)C(=O)OC(C)(C)C)cc1. The number of pyridine rings is 1. The highest BCUT2D eigenvalue weighted by atomic mass is 32.2. The molecule has 0 fully saturated rings. The summed E-state index contributed by atoms with van der Waals surface area (Å²) < 4.78 is 38.9. The van der Waals surface area contributed by atoms with Crippen LogP contribution in [0.5, 0.6) is 0 Å². The first-order valence-electron chi connectivity index (χ1n) is 11.8. The average molecular weight is 520 g/mol. The zero-order valence-corrected chi connectivity index (χ0v) is 22.0. The Bertz CT molecular complexity index is 1460. The quantitative estimate of drug-likeness (QED) is 0.300. The van der Waals surface area contributed by atoms with Gasteiger partial charge < -0.3 is 9.26 Å². The van der Waals surface area contributed by atoms with E-state index in [1.165, 1.54) is 12.1 Å². The number of carbonyl (C=O) groups is 1. The van der Waals surface area contributed by atoms with Gasteiger partial charge in [-0.2, -0.15) is 4.31 Å². The maximum Gasteiger partial charge on any atom is 0.424 e. The molecule has 4 aromatic rings. The standard InChI is InChI=1S/C28H29N3O5S/c1-20-25(26(30-36-20)22-10-6-5-7-11-22)21-13-15-24(16-14-21)37(33,34)31(27(32)35-28(2,3)4)19-17-23-12-8-9-18-29-23/h5-16,18H,17,19H2,1-4H3. The van der Waals surface area contributed by atoms with E-state index in [1.54, 1.807) is 58.2 Å². The number of nitrogens with zero attached hydrogens (tertiary/aromatic N) is 3. The molecular formula is C28H29N3O5S. The number of hydrogen-bond acceptors (Lipinski definition) is 7. The molecule has 0 spiro atoms. The smallest absolute Gasteiger partial charge is 0.424 e. The van der Waals surface area contributed by atoms with E-state index in [1.807, 2.05) is 36.4 Å². The molecule has 0 unspecified atom stereocenters. The van der Waals surface area contributed by atoms with E-state index in [0.717, 1.165) is 21.0 Å². The third kappa shape index (κ3) is 6.06. The third-order valence-electron chi connectivity index (χ3n) is 5.54. The summed E-state index contributed by atoms with van der Waals surface area (Å²) in [6, 6.07) is 21.3. The van der Waals surface area contributed by atoms with Crippen LogP contribution >= 0.6 is 0 Å². The fraction of sp³-hybridized carbons (Fsp3) is 0.250. The predicted octanol–water partition coefficient (Wildman–Crippen LogP) is 5.88. The van der Waals surface area contributed by atoms with Gasteiger partial charge in [0.05, 0.1) is 10.5 Å². The van der Waals surface area contributed by atoms with Crippen LogP contribution in [0.3, 0.4) is 0 Å². The summed E-state index contributed by atoms with van der Waals surface area (Å²) in [5.41, 5.74) is 2.87. The number of rotatable bonds is 7. The Kier molecular flexibility index (Phi) is 7.45. The molecule has 0 aliphatic rings. The fourth-order valence-corrected chi connectivity index (χ4v) is 5.11. The van der Waals surface area contributed by atoms with Gasteiger partial charge in [-0.05, 0) is 57.5 Å². The van der Waals surface area contributed by atoms with Crippen LogP contribution in [-0.4, -0.2) is 41.1 Å². The Hall–Kier alpha value is -3.98. The van der Waals surface area contributed by atoms with E-state index < -0.39 is 21.7 Å². The lowest BCUT2D eigenvalue weighted by atomic mass is 10.00. The van der Waals surface area contributed by atoms with E-state index in [2.05, 4.69) is 10.1 Å². The maximum atomic E-state index is 13.6. The van der Waals surface area contributed by atoms with E-state index >= 15 is 0 Å². The molecule has 0 bridgehead atoms. The molecule has 0 aliphatic heterocycles. The summed E-state index contributed by atoms with van der Waals surface area (Å²) in [5.74, 6) is 0.611. The Morgan fingerprint density at radius 2 is 1.62 bits per heavy atom. The van der Waals surface area contributed by atoms with Crippen LogP contribution in [0.15, 0.2) is 88.4 Å². The molecule has 2 heterocycles. The second kappa shape index (κ2) is 10.6. The molecule has 0 radical (unpaired) electrons. The number of amides is 1. The second-order valence-corrected chi connectivity index (χ2v) is 11.3. The van der Waals surface area contributed by atoms with Crippen molar-refractivity contribution in [1.29, 1.82) is 0 Å². The second-order valence-electron chi connectivity index (χ2n) is 9.48. The normalized spacial score (nSPS) is 11.8. The number of sulfonamides is 1. The van der Waals surface area contributed by atoms with Gasteiger partial charge in [0.15, 0.2) is 0 Å². The molecule has 0 N–H and O–H groups in total. The van der Waals surface area contributed by atoms with Gasteiger partial charge >= 0.3 is 6.09 Å². The summed E-state index contributed by atoms with van der Waals surface area (Å²) in [5, 5.41) is 4.20. The van der Waals surface area contributed by atoms with E-state index in [-0.39, 0.29) is 17.9 Å². The Morgan fingerprint density at radius 1 is 0.946 bits per heavy atom. The summed E-state index contributed by atoms with van der Waals surface area (Å²) in [4.78, 5) is 17.2. The van der Waals surface area contributed by atoms with Gasteiger partial charge in [0, 0.05) is 30.4 Å². The number of benzene rings is 2. The lowest BCUT2D eigenvalue weighted by molar-refractivity contribution is 0.0392. The number of hydrogen-bond donors (Lipinski definition) is 0. The monoisotopic (exact) mass is 519 g/mol. The molecule has 9 heteroatoms. The number of aromatic nitrogens is 2. The van der Waals surface area contributed by atoms with Gasteiger partial charge in [0.25, 0.3) is 10.0 Å². The van der Waals surface area contributed by atoms with E-state index in [0.29, 0.717) is 17.1 Å². The van der Waals surface area contributed by atoms with Crippen LogP contribution in [0.1, 0.15) is 32.2 Å². The molecule has 2 aromatic carbocycles. The molecule has 0 atom stereocenters. The maximum absolute atomic E-state index is 13.6. The minimum Gasteiger partial charge on any atom is -0.443 e. The van der Waals surface area contributed by atoms with Gasteiger partial charge in [0.2, 0.25) is 0 Å². The van der Waals surface area contributed by atoms with Crippen LogP contribution in [0.25, 0.3) is 22.4 Å². The number of ether oxygens (including phenoxy) is 1. The van der Waals surface area contributed by atoms with Gasteiger partial charge in [-0.3, -0.25) is 4.98 Å². The van der Waals surface area contributed by atoms with Crippen molar-refractivity contribution in [1.82, 2.24) is 14.4 Å². The highest BCUT2D eigenvalue weighted by Gasteiger charge is 2.33. The first-order valence-corrected chi connectivity index (χ1v) is 13.3. The van der Waals surface area contributed by atoms with Crippen molar-refractivity contribution in [3.05, 3.63) is 90.4 Å². The van der Waals surface area contributed by atoms with Crippen LogP contribution in [0, 0.1) is 6.92 Å². The Balaban J connectivity index is 1.66. The zero-order chi connectivity index (χ0) is 26.6. The molecule has 0 saturated heterocycles. The van der Waals surface area contributed by atoms with E-state index in [9.17, 15) is 13.2 Å². The van der Waals surface area contributed by atoms with Crippen molar-refractivity contribution in [2.45, 2.75) is 44.6 Å². The van der Waals surface area contributed by atoms with Gasteiger partial charge in [-0.1, -0.05) is 53.7 Å². The van der Waals surface area contributed by atoms with Crippen molar-refractivity contribution in [2.75, 3.05) is 6.54 Å². The molecule has 1 amide bonds. The highest BCUT2D eigenvalue weighted by Crippen LogP contribution is 2.35. The van der Waals surface area contributed by atoms with Crippen LogP contribution < -0.4 is 0 Å². The summed E-state index contributed by atoms with van der Waals surface area (Å²) in [6.45, 7) is 6.76. The fourth-order valence-electron chi connectivity index (χ4n) is 3.81. The van der Waals surface area contributed by atoms with Crippen molar-refractivity contribution in [3.63, 3.8) is 0 Å². The van der Waals surface area contributed by atoms with E-state index in [4.69, 9.17) is 9.26 Å². The molecule has 37 heavy (non-hydrogen) atoms. The zero-order valence-electron chi connectivity index (χ0n) is 21.2. The van der Waals surface area contributed by atoms with Crippen molar-refractivity contribution < 1.29 is 22.5 Å². The minimum atomic E-state index is -4.21. The molecule has 8 nitrogen and oxygen atoms in total. The molecule has 0 saturated carbocycles. The first-order chi connectivity index (χ1) is 17.6. The van der Waals surface area contributed by atoms with Gasteiger partial charge in [0.1, 0.15) is 17.1 Å². The first kappa shape index (κ1) is 26.1. The average Bonchev–Trinajstić information content (AvgIpc) is 3.25. The highest BCUT2D eigenvalue weighted by molar-refractivity contribution is 7.89.